The number of hydrogen-bond donors (Lipinski definition) is 1. The number of aliphatic hydroxyl groups is 1. The summed E-state index contributed by atoms with van der Waals surface area (Å²) in [5.41, 5.74) is 1.69. The third-order valence-corrected chi connectivity index (χ3v) is 4.17. The predicted octanol–water partition coefficient (Wildman–Crippen LogP) is 3.78. The minimum Gasteiger partial charge on any atom is -0.489 e. The van der Waals surface area contributed by atoms with E-state index in [9.17, 15) is 5.11 Å². The molecular formula is C17H17IO3. The molecule has 0 saturated carbocycles. The van der Waals surface area contributed by atoms with Crippen LogP contribution in [0.5, 0.6) is 11.5 Å². The SMILES string of the molecule is CC1COc2ccc(C(O)c3cccc(I)c3)cc2OC1. The van der Waals surface area contributed by atoms with E-state index >= 15 is 0 Å². The van der Waals surface area contributed by atoms with Crippen molar-refractivity contribution in [3.63, 3.8) is 0 Å². The molecular weight excluding hydrogens is 379 g/mol. The summed E-state index contributed by atoms with van der Waals surface area (Å²) in [4.78, 5) is 0. The van der Waals surface area contributed by atoms with Gasteiger partial charge in [0.1, 0.15) is 6.10 Å². The number of aliphatic hydroxyl groups excluding tert-OH is 1. The molecule has 110 valence electrons. The van der Waals surface area contributed by atoms with Gasteiger partial charge in [-0.2, -0.15) is 0 Å². The normalized spacial score (nSPS) is 18.9. The number of ether oxygens (including phenoxy) is 2. The Morgan fingerprint density at radius 3 is 2.52 bits per heavy atom. The molecule has 3 nitrogen and oxygen atoms in total. The molecule has 0 fully saturated rings. The zero-order chi connectivity index (χ0) is 14.8. The maximum absolute atomic E-state index is 10.5. The lowest BCUT2D eigenvalue weighted by molar-refractivity contribution is 0.218. The lowest BCUT2D eigenvalue weighted by Crippen LogP contribution is -2.12. The van der Waals surface area contributed by atoms with Crippen molar-refractivity contribution >= 4 is 22.6 Å². The van der Waals surface area contributed by atoms with Gasteiger partial charge in [-0.3, -0.25) is 0 Å². The van der Waals surface area contributed by atoms with Crippen LogP contribution < -0.4 is 9.47 Å². The summed E-state index contributed by atoms with van der Waals surface area (Å²) >= 11 is 2.24. The number of fused-ring (bicyclic) bond motifs is 1. The first kappa shape index (κ1) is 14.7. The van der Waals surface area contributed by atoms with Crippen LogP contribution >= 0.6 is 22.6 Å². The molecule has 0 spiro atoms. The zero-order valence-electron chi connectivity index (χ0n) is 11.8. The molecule has 1 heterocycles. The van der Waals surface area contributed by atoms with E-state index in [2.05, 4.69) is 29.5 Å². The Morgan fingerprint density at radius 2 is 1.76 bits per heavy atom. The number of hydrogen-bond acceptors (Lipinski definition) is 3. The van der Waals surface area contributed by atoms with Crippen LogP contribution in [0.15, 0.2) is 42.5 Å². The molecule has 1 N–H and O–H groups in total. The van der Waals surface area contributed by atoms with Crippen LogP contribution in [-0.2, 0) is 0 Å². The van der Waals surface area contributed by atoms with Gasteiger partial charge >= 0.3 is 0 Å². The van der Waals surface area contributed by atoms with Gasteiger partial charge < -0.3 is 14.6 Å². The highest BCUT2D eigenvalue weighted by Gasteiger charge is 2.18. The molecule has 21 heavy (non-hydrogen) atoms. The van der Waals surface area contributed by atoms with E-state index in [1.165, 1.54) is 0 Å². The van der Waals surface area contributed by atoms with Gasteiger partial charge in [0.25, 0.3) is 0 Å². The van der Waals surface area contributed by atoms with Crippen molar-refractivity contribution in [2.75, 3.05) is 13.2 Å². The molecule has 0 aromatic heterocycles. The topological polar surface area (TPSA) is 38.7 Å². The summed E-state index contributed by atoms with van der Waals surface area (Å²) in [6.07, 6.45) is -0.658. The summed E-state index contributed by atoms with van der Waals surface area (Å²) in [5.74, 6) is 1.82. The Kier molecular flexibility index (Phi) is 4.35. The Labute approximate surface area is 138 Å². The minimum atomic E-state index is -0.658. The van der Waals surface area contributed by atoms with Crippen molar-refractivity contribution in [3.05, 3.63) is 57.2 Å². The van der Waals surface area contributed by atoms with Gasteiger partial charge in [0.15, 0.2) is 11.5 Å². The van der Waals surface area contributed by atoms with Gasteiger partial charge in [0, 0.05) is 9.49 Å². The standard InChI is InChI=1S/C17H17IO3/c1-11-9-20-15-6-5-13(8-16(15)21-10-11)17(19)12-3-2-4-14(18)7-12/h2-8,11,17,19H,9-10H2,1H3. The summed E-state index contributed by atoms with van der Waals surface area (Å²) < 4.78 is 12.6. The second kappa shape index (κ2) is 6.23. The van der Waals surface area contributed by atoms with Crippen LogP contribution in [0.3, 0.4) is 0 Å². The Bertz CT molecular complexity index is 642. The third-order valence-electron chi connectivity index (χ3n) is 3.49. The van der Waals surface area contributed by atoms with Gasteiger partial charge in [-0.1, -0.05) is 25.1 Å². The van der Waals surface area contributed by atoms with Crippen molar-refractivity contribution in [1.82, 2.24) is 0 Å². The maximum Gasteiger partial charge on any atom is 0.161 e. The summed E-state index contributed by atoms with van der Waals surface area (Å²) in [6.45, 7) is 3.38. The molecule has 2 unspecified atom stereocenters. The Balaban J connectivity index is 1.90. The van der Waals surface area contributed by atoms with Crippen LogP contribution in [0, 0.1) is 9.49 Å². The highest BCUT2D eigenvalue weighted by Crippen LogP contribution is 2.34. The van der Waals surface area contributed by atoms with Crippen molar-refractivity contribution < 1.29 is 14.6 Å². The van der Waals surface area contributed by atoms with E-state index in [4.69, 9.17) is 9.47 Å². The first-order chi connectivity index (χ1) is 10.1. The molecule has 4 heteroatoms. The second-order valence-electron chi connectivity index (χ2n) is 5.39. The molecule has 3 rings (SSSR count). The van der Waals surface area contributed by atoms with Crippen LogP contribution in [-0.4, -0.2) is 18.3 Å². The number of halogens is 1. The third kappa shape index (κ3) is 3.32. The average Bonchev–Trinajstić information content (AvgIpc) is 2.68. The highest BCUT2D eigenvalue weighted by atomic mass is 127. The van der Waals surface area contributed by atoms with Gasteiger partial charge in [0.05, 0.1) is 13.2 Å². The van der Waals surface area contributed by atoms with E-state index in [1.807, 2.05) is 42.5 Å². The fourth-order valence-electron chi connectivity index (χ4n) is 2.31. The largest absolute Gasteiger partial charge is 0.489 e. The summed E-state index contributed by atoms with van der Waals surface area (Å²) in [5, 5.41) is 10.5. The fourth-order valence-corrected chi connectivity index (χ4v) is 2.88. The maximum atomic E-state index is 10.5. The fraction of sp³-hybridized carbons (Fsp3) is 0.294. The van der Waals surface area contributed by atoms with Gasteiger partial charge in [0.2, 0.25) is 0 Å². The molecule has 0 aliphatic carbocycles. The van der Waals surface area contributed by atoms with Gasteiger partial charge in [-0.05, 0) is 58.0 Å². The molecule has 0 radical (unpaired) electrons. The molecule has 1 aliphatic rings. The zero-order valence-corrected chi connectivity index (χ0v) is 13.9. The summed E-state index contributed by atoms with van der Waals surface area (Å²) in [7, 11) is 0. The Morgan fingerprint density at radius 1 is 1.05 bits per heavy atom. The van der Waals surface area contributed by atoms with E-state index in [1.54, 1.807) is 0 Å². The quantitative estimate of drug-likeness (QED) is 0.786. The highest BCUT2D eigenvalue weighted by molar-refractivity contribution is 14.1. The Hall–Kier alpha value is -1.27. The number of benzene rings is 2. The van der Waals surface area contributed by atoms with Crippen LogP contribution in [0.2, 0.25) is 0 Å². The van der Waals surface area contributed by atoms with Crippen LogP contribution in [0.25, 0.3) is 0 Å². The van der Waals surface area contributed by atoms with Crippen LogP contribution in [0.4, 0.5) is 0 Å². The van der Waals surface area contributed by atoms with E-state index in [-0.39, 0.29) is 0 Å². The lowest BCUT2D eigenvalue weighted by atomic mass is 10.0. The van der Waals surface area contributed by atoms with Crippen molar-refractivity contribution in [2.24, 2.45) is 5.92 Å². The lowest BCUT2D eigenvalue weighted by Gasteiger charge is -2.14. The minimum absolute atomic E-state index is 0.362. The van der Waals surface area contributed by atoms with Crippen molar-refractivity contribution in [2.45, 2.75) is 13.0 Å². The molecule has 1 aliphatic heterocycles. The van der Waals surface area contributed by atoms with Gasteiger partial charge in [-0.25, -0.2) is 0 Å². The van der Waals surface area contributed by atoms with E-state index < -0.39 is 6.10 Å². The molecule has 2 aromatic rings. The predicted molar refractivity (Wildman–Crippen MR) is 89.8 cm³/mol. The second-order valence-corrected chi connectivity index (χ2v) is 6.64. The first-order valence-corrected chi connectivity index (χ1v) is 8.04. The first-order valence-electron chi connectivity index (χ1n) is 6.96. The molecule has 2 atom stereocenters. The average molecular weight is 396 g/mol. The van der Waals surface area contributed by atoms with E-state index in [0.717, 1.165) is 20.4 Å². The van der Waals surface area contributed by atoms with Crippen molar-refractivity contribution in [1.29, 1.82) is 0 Å². The molecule has 0 saturated heterocycles. The number of rotatable bonds is 2. The van der Waals surface area contributed by atoms with Crippen molar-refractivity contribution in [3.8, 4) is 11.5 Å². The smallest absolute Gasteiger partial charge is 0.161 e. The summed E-state index contributed by atoms with van der Waals surface area (Å²) in [6, 6.07) is 13.5. The monoisotopic (exact) mass is 396 g/mol. The molecule has 2 aromatic carbocycles. The molecule has 0 amide bonds. The van der Waals surface area contributed by atoms with E-state index in [0.29, 0.717) is 24.9 Å². The van der Waals surface area contributed by atoms with Gasteiger partial charge in [-0.15, -0.1) is 0 Å². The molecule has 0 bridgehead atoms. The van der Waals surface area contributed by atoms with Crippen LogP contribution in [0.1, 0.15) is 24.2 Å².